The molecule has 0 unspecified atom stereocenters. The molecule has 0 radical (unpaired) electrons. The lowest BCUT2D eigenvalue weighted by atomic mass is 10.1. The van der Waals surface area contributed by atoms with Gasteiger partial charge in [-0.05, 0) is 44.9 Å². The quantitative estimate of drug-likeness (QED) is 0.866. The summed E-state index contributed by atoms with van der Waals surface area (Å²) in [6.45, 7) is 9.55. The number of hydrogen-bond donors (Lipinski definition) is 0. The van der Waals surface area contributed by atoms with Crippen molar-refractivity contribution in [1.29, 1.82) is 0 Å². The Bertz CT molecular complexity index is 727. The van der Waals surface area contributed by atoms with E-state index in [0.29, 0.717) is 18.5 Å². The standard InChI is InChI=1S/C17H22N2O2/c1-5-18(6-2)16(21)11-19-8-7-15(20)17-13(4)9-12(3)10-14(17)19/h7-10H,5-6,11H2,1-4H3. The van der Waals surface area contributed by atoms with Gasteiger partial charge in [-0.25, -0.2) is 0 Å². The molecule has 4 heteroatoms. The van der Waals surface area contributed by atoms with Crippen LogP contribution in [-0.4, -0.2) is 28.5 Å². The van der Waals surface area contributed by atoms with Crippen LogP contribution >= 0.6 is 0 Å². The summed E-state index contributed by atoms with van der Waals surface area (Å²) in [7, 11) is 0. The predicted molar refractivity (Wildman–Crippen MR) is 85.6 cm³/mol. The van der Waals surface area contributed by atoms with E-state index in [0.717, 1.165) is 16.6 Å². The van der Waals surface area contributed by atoms with Gasteiger partial charge in [-0.2, -0.15) is 0 Å². The van der Waals surface area contributed by atoms with Gasteiger partial charge in [-0.3, -0.25) is 9.59 Å². The molecule has 0 N–H and O–H groups in total. The Hall–Kier alpha value is -2.10. The minimum atomic E-state index is 0.00837. The topological polar surface area (TPSA) is 42.3 Å². The van der Waals surface area contributed by atoms with Gasteiger partial charge in [-0.15, -0.1) is 0 Å². The first-order chi connectivity index (χ1) is 9.97. The Morgan fingerprint density at radius 1 is 1.19 bits per heavy atom. The van der Waals surface area contributed by atoms with Gasteiger partial charge >= 0.3 is 0 Å². The smallest absolute Gasteiger partial charge is 0.242 e. The Kier molecular flexibility index (Phi) is 4.46. The van der Waals surface area contributed by atoms with Gasteiger partial charge in [0, 0.05) is 30.7 Å². The van der Waals surface area contributed by atoms with Crippen LogP contribution in [0.25, 0.3) is 10.9 Å². The van der Waals surface area contributed by atoms with E-state index in [1.165, 1.54) is 0 Å². The van der Waals surface area contributed by atoms with Crippen molar-refractivity contribution in [3.63, 3.8) is 0 Å². The zero-order valence-corrected chi connectivity index (χ0v) is 13.1. The molecular formula is C17H22N2O2. The number of amides is 1. The summed E-state index contributed by atoms with van der Waals surface area (Å²) in [6.07, 6.45) is 1.71. The SMILES string of the molecule is CCN(CC)C(=O)Cn1ccc(=O)c2c(C)cc(C)cc21. The lowest BCUT2D eigenvalue weighted by Crippen LogP contribution is -2.33. The normalized spacial score (nSPS) is 10.9. The molecule has 1 amide bonds. The molecule has 0 saturated carbocycles. The van der Waals surface area contributed by atoms with Crippen LogP contribution in [0.2, 0.25) is 0 Å². The monoisotopic (exact) mass is 286 g/mol. The van der Waals surface area contributed by atoms with E-state index in [1.54, 1.807) is 17.2 Å². The molecule has 2 aromatic rings. The first-order valence-corrected chi connectivity index (χ1v) is 7.36. The molecule has 0 aliphatic rings. The molecule has 0 spiro atoms. The highest BCUT2D eigenvalue weighted by atomic mass is 16.2. The van der Waals surface area contributed by atoms with Crippen LogP contribution in [0.5, 0.6) is 0 Å². The molecular weight excluding hydrogens is 264 g/mol. The van der Waals surface area contributed by atoms with Gasteiger partial charge in [0.1, 0.15) is 6.54 Å². The average molecular weight is 286 g/mol. The molecule has 0 aliphatic heterocycles. The van der Waals surface area contributed by atoms with Crippen LogP contribution in [0.15, 0.2) is 29.2 Å². The van der Waals surface area contributed by atoms with E-state index in [1.807, 2.05) is 44.4 Å². The number of pyridine rings is 1. The third kappa shape index (κ3) is 2.99. The van der Waals surface area contributed by atoms with Crippen LogP contribution in [0, 0.1) is 13.8 Å². The highest BCUT2D eigenvalue weighted by Gasteiger charge is 2.13. The van der Waals surface area contributed by atoms with Gasteiger partial charge in [-0.1, -0.05) is 6.07 Å². The van der Waals surface area contributed by atoms with E-state index in [-0.39, 0.29) is 17.9 Å². The summed E-state index contributed by atoms with van der Waals surface area (Å²) < 4.78 is 1.87. The van der Waals surface area contributed by atoms with Crippen LogP contribution in [-0.2, 0) is 11.3 Å². The van der Waals surface area contributed by atoms with Crippen LogP contribution in [0.3, 0.4) is 0 Å². The minimum absolute atomic E-state index is 0.00837. The molecule has 0 fully saturated rings. The molecule has 1 aromatic heterocycles. The summed E-state index contributed by atoms with van der Waals surface area (Å²) in [5, 5.41) is 0.704. The molecule has 4 nitrogen and oxygen atoms in total. The van der Waals surface area contributed by atoms with Crippen LogP contribution < -0.4 is 5.43 Å². The number of rotatable bonds is 4. The molecule has 21 heavy (non-hydrogen) atoms. The number of carbonyl (C=O) groups excluding carboxylic acids is 1. The molecule has 0 aliphatic carbocycles. The average Bonchev–Trinajstić information content (AvgIpc) is 2.42. The Morgan fingerprint density at radius 3 is 2.48 bits per heavy atom. The number of aryl methyl sites for hydroxylation is 2. The maximum atomic E-state index is 12.3. The lowest BCUT2D eigenvalue weighted by Gasteiger charge is -2.20. The van der Waals surface area contributed by atoms with Gasteiger partial charge in [0.15, 0.2) is 5.43 Å². The number of benzene rings is 1. The molecule has 2 rings (SSSR count). The zero-order valence-electron chi connectivity index (χ0n) is 13.1. The van der Waals surface area contributed by atoms with Crippen molar-refractivity contribution in [3.8, 4) is 0 Å². The number of aromatic nitrogens is 1. The summed E-state index contributed by atoms with van der Waals surface area (Å²) in [4.78, 5) is 26.2. The van der Waals surface area contributed by atoms with Crippen LogP contribution in [0.1, 0.15) is 25.0 Å². The molecule has 112 valence electrons. The van der Waals surface area contributed by atoms with E-state index in [9.17, 15) is 9.59 Å². The molecule has 0 bridgehead atoms. The van der Waals surface area contributed by atoms with E-state index in [4.69, 9.17) is 0 Å². The summed E-state index contributed by atoms with van der Waals surface area (Å²) >= 11 is 0. The fraction of sp³-hybridized carbons (Fsp3) is 0.412. The van der Waals surface area contributed by atoms with Crippen molar-refractivity contribution in [1.82, 2.24) is 9.47 Å². The second kappa shape index (κ2) is 6.12. The molecule has 0 atom stereocenters. The van der Waals surface area contributed by atoms with Gasteiger partial charge in [0.05, 0.1) is 5.52 Å². The summed E-state index contributed by atoms with van der Waals surface area (Å²) in [6, 6.07) is 5.51. The van der Waals surface area contributed by atoms with E-state index >= 15 is 0 Å². The number of nitrogens with zero attached hydrogens (tertiary/aromatic N) is 2. The number of likely N-dealkylation sites (N-methyl/N-ethyl adjacent to an activating group) is 1. The minimum Gasteiger partial charge on any atom is -0.342 e. The lowest BCUT2D eigenvalue weighted by molar-refractivity contribution is -0.131. The van der Waals surface area contributed by atoms with Gasteiger partial charge in [0.2, 0.25) is 5.91 Å². The van der Waals surface area contributed by atoms with Gasteiger partial charge < -0.3 is 9.47 Å². The number of fused-ring (bicyclic) bond motifs is 1. The van der Waals surface area contributed by atoms with Crippen molar-refractivity contribution in [3.05, 3.63) is 45.7 Å². The second-order valence-electron chi connectivity index (χ2n) is 5.35. The third-order valence-electron chi connectivity index (χ3n) is 3.84. The first-order valence-electron chi connectivity index (χ1n) is 7.36. The summed E-state index contributed by atoms with van der Waals surface area (Å²) in [5.41, 5.74) is 2.89. The van der Waals surface area contributed by atoms with E-state index < -0.39 is 0 Å². The highest BCUT2D eigenvalue weighted by molar-refractivity contribution is 5.85. The number of hydrogen-bond acceptors (Lipinski definition) is 2. The van der Waals surface area contributed by atoms with Gasteiger partial charge in [0.25, 0.3) is 0 Å². The fourth-order valence-corrected chi connectivity index (χ4v) is 2.77. The Balaban J connectivity index is 2.53. The predicted octanol–water partition coefficient (Wildman–Crippen LogP) is 2.49. The van der Waals surface area contributed by atoms with Crippen molar-refractivity contribution in [2.45, 2.75) is 34.2 Å². The number of carbonyl (C=O) groups is 1. The van der Waals surface area contributed by atoms with E-state index in [2.05, 4.69) is 0 Å². The maximum Gasteiger partial charge on any atom is 0.242 e. The largest absolute Gasteiger partial charge is 0.342 e. The first kappa shape index (κ1) is 15.3. The van der Waals surface area contributed by atoms with Crippen molar-refractivity contribution >= 4 is 16.8 Å². The molecule has 1 heterocycles. The third-order valence-corrected chi connectivity index (χ3v) is 3.84. The van der Waals surface area contributed by atoms with Crippen molar-refractivity contribution in [2.75, 3.05) is 13.1 Å². The second-order valence-corrected chi connectivity index (χ2v) is 5.35. The van der Waals surface area contributed by atoms with Crippen molar-refractivity contribution < 1.29 is 4.79 Å². The maximum absolute atomic E-state index is 12.3. The Labute approximate surface area is 125 Å². The summed E-state index contributed by atoms with van der Waals surface area (Å²) in [5.74, 6) is 0.0732. The molecule has 0 saturated heterocycles. The van der Waals surface area contributed by atoms with Crippen LogP contribution in [0.4, 0.5) is 0 Å². The Morgan fingerprint density at radius 2 is 1.86 bits per heavy atom. The molecule has 1 aromatic carbocycles. The highest BCUT2D eigenvalue weighted by Crippen LogP contribution is 2.17. The zero-order chi connectivity index (χ0) is 15.6. The van der Waals surface area contributed by atoms with Crippen molar-refractivity contribution in [2.24, 2.45) is 0 Å². The fourth-order valence-electron chi connectivity index (χ4n) is 2.77.